The summed E-state index contributed by atoms with van der Waals surface area (Å²) in [6, 6.07) is 0. The Labute approximate surface area is 110 Å². The van der Waals surface area contributed by atoms with Gasteiger partial charge in [0.25, 0.3) is 6.43 Å². The first kappa shape index (κ1) is 14.1. The molecule has 1 rings (SSSR count). The van der Waals surface area contributed by atoms with E-state index in [9.17, 15) is 22.0 Å². The maximum atomic E-state index is 12.7. The average Bonchev–Trinajstić information content (AvgIpc) is 2.15. The van der Waals surface area contributed by atoms with Gasteiger partial charge in [0.15, 0.2) is 0 Å². The highest BCUT2D eigenvalue weighted by Crippen LogP contribution is 2.40. The highest BCUT2D eigenvalue weighted by molar-refractivity contribution is 14.1. The van der Waals surface area contributed by atoms with Crippen LogP contribution in [0.3, 0.4) is 0 Å². The molecule has 0 bridgehead atoms. The number of nitrogens with zero attached hydrogens (tertiary/aromatic N) is 1. The molecule has 0 fully saturated rings. The van der Waals surface area contributed by atoms with Gasteiger partial charge in [-0.1, -0.05) is 15.9 Å². The molecule has 0 unspecified atom stereocenters. The molecule has 16 heavy (non-hydrogen) atoms. The van der Waals surface area contributed by atoms with Crippen LogP contribution in [0.4, 0.5) is 22.0 Å². The first-order valence-electron chi connectivity index (χ1n) is 3.87. The van der Waals surface area contributed by atoms with Crippen LogP contribution < -0.4 is 0 Å². The van der Waals surface area contributed by atoms with Gasteiger partial charge in [0, 0.05) is 11.5 Å². The van der Waals surface area contributed by atoms with Crippen molar-refractivity contribution in [1.82, 2.24) is 4.98 Å². The van der Waals surface area contributed by atoms with Gasteiger partial charge in [0.1, 0.15) is 3.70 Å². The Balaban J connectivity index is 3.56. The van der Waals surface area contributed by atoms with E-state index in [-0.39, 0.29) is 14.6 Å². The van der Waals surface area contributed by atoms with E-state index >= 15 is 0 Å². The summed E-state index contributed by atoms with van der Waals surface area (Å²) < 4.78 is 62.8. The molecule has 0 aliphatic heterocycles. The molecule has 0 aromatic carbocycles. The maximum absolute atomic E-state index is 12.7. The third-order valence-corrected chi connectivity index (χ3v) is 3.26. The molecule has 0 amide bonds. The van der Waals surface area contributed by atoms with Gasteiger partial charge in [0.05, 0.1) is 11.1 Å². The minimum absolute atomic E-state index is 0.175. The Morgan fingerprint density at radius 2 is 1.94 bits per heavy atom. The van der Waals surface area contributed by atoms with Crippen molar-refractivity contribution in [3.8, 4) is 0 Å². The number of rotatable bonds is 2. The van der Waals surface area contributed by atoms with Crippen LogP contribution in [0.1, 0.15) is 23.1 Å². The highest BCUT2D eigenvalue weighted by Gasteiger charge is 2.39. The third-order valence-electron chi connectivity index (χ3n) is 1.79. The summed E-state index contributed by atoms with van der Waals surface area (Å²) in [6.45, 7) is 0. The lowest BCUT2D eigenvalue weighted by Crippen LogP contribution is -2.15. The van der Waals surface area contributed by atoms with Crippen LogP contribution >= 0.6 is 38.5 Å². The lowest BCUT2D eigenvalue weighted by Gasteiger charge is -2.16. The van der Waals surface area contributed by atoms with Crippen LogP contribution in [-0.4, -0.2) is 4.98 Å². The van der Waals surface area contributed by atoms with E-state index < -0.39 is 23.7 Å². The number of hydrogen-bond donors (Lipinski definition) is 0. The molecular weight excluding hydrogens is 412 g/mol. The van der Waals surface area contributed by atoms with Crippen molar-refractivity contribution in [2.75, 3.05) is 0 Å². The van der Waals surface area contributed by atoms with Gasteiger partial charge in [-0.2, -0.15) is 13.2 Å². The summed E-state index contributed by atoms with van der Waals surface area (Å²) in [5, 5.41) is -0.175. The standard InChI is InChI=1S/C8H4BrF5IN/c9-1-3-2-16-7(15)4(6(10)11)5(3)8(12,13)14/h2,6H,1H2. The molecule has 0 saturated carbocycles. The molecule has 90 valence electrons. The summed E-state index contributed by atoms with van der Waals surface area (Å²) >= 11 is 4.19. The topological polar surface area (TPSA) is 12.9 Å². The van der Waals surface area contributed by atoms with E-state index in [1.807, 2.05) is 0 Å². The molecule has 0 aliphatic carbocycles. The zero-order valence-corrected chi connectivity index (χ0v) is 11.2. The molecule has 0 aliphatic rings. The minimum atomic E-state index is -4.81. The first-order chi connectivity index (χ1) is 7.29. The maximum Gasteiger partial charge on any atom is 0.417 e. The van der Waals surface area contributed by atoms with Crippen LogP contribution in [0.25, 0.3) is 0 Å². The molecule has 1 aromatic rings. The first-order valence-corrected chi connectivity index (χ1v) is 6.07. The predicted octanol–water partition coefficient (Wildman–Crippen LogP) is 4.54. The smallest absolute Gasteiger partial charge is 0.249 e. The molecule has 0 atom stereocenters. The number of halogens is 7. The average molecular weight is 416 g/mol. The molecule has 0 saturated heterocycles. The second-order valence-electron chi connectivity index (χ2n) is 2.80. The SMILES string of the molecule is FC(F)c1c(I)ncc(CBr)c1C(F)(F)F. The number of alkyl halides is 6. The van der Waals surface area contributed by atoms with Crippen LogP contribution in [-0.2, 0) is 11.5 Å². The summed E-state index contributed by atoms with van der Waals surface area (Å²) in [4.78, 5) is 3.52. The van der Waals surface area contributed by atoms with Crippen molar-refractivity contribution < 1.29 is 22.0 Å². The summed E-state index contributed by atoms with van der Waals surface area (Å²) in [7, 11) is 0. The second kappa shape index (κ2) is 5.11. The van der Waals surface area contributed by atoms with Gasteiger partial charge in [-0.3, -0.25) is 0 Å². The predicted molar refractivity (Wildman–Crippen MR) is 59.5 cm³/mol. The van der Waals surface area contributed by atoms with E-state index in [0.29, 0.717) is 0 Å². The van der Waals surface area contributed by atoms with E-state index in [0.717, 1.165) is 6.20 Å². The van der Waals surface area contributed by atoms with Crippen molar-refractivity contribution in [2.45, 2.75) is 17.9 Å². The minimum Gasteiger partial charge on any atom is -0.249 e. The van der Waals surface area contributed by atoms with Crippen LogP contribution in [0.5, 0.6) is 0 Å². The Kier molecular flexibility index (Phi) is 4.49. The van der Waals surface area contributed by atoms with Gasteiger partial charge in [-0.05, 0) is 28.2 Å². The lowest BCUT2D eigenvalue weighted by molar-refractivity contribution is -0.140. The van der Waals surface area contributed by atoms with Crippen molar-refractivity contribution >= 4 is 38.5 Å². The van der Waals surface area contributed by atoms with E-state index in [1.54, 1.807) is 0 Å². The van der Waals surface area contributed by atoms with Crippen LogP contribution in [0.2, 0.25) is 0 Å². The quantitative estimate of drug-likeness (QED) is 0.299. The van der Waals surface area contributed by atoms with E-state index in [1.165, 1.54) is 22.6 Å². The Bertz CT molecular complexity index is 393. The lowest BCUT2D eigenvalue weighted by atomic mass is 10.1. The monoisotopic (exact) mass is 415 g/mol. The molecule has 1 heterocycles. The van der Waals surface area contributed by atoms with Gasteiger partial charge in [-0.15, -0.1) is 0 Å². The molecular formula is C8H4BrF5IN. The number of pyridine rings is 1. The largest absolute Gasteiger partial charge is 0.417 e. The van der Waals surface area contributed by atoms with Crippen LogP contribution in [0, 0.1) is 3.70 Å². The number of hydrogen-bond acceptors (Lipinski definition) is 1. The normalized spacial score (nSPS) is 12.2. The van der Waals surface area contributed by atoms with Gasteiger partial charge in [0.2, 0.25) is 0 Å². The number of aromatic nitrogens is 1. The van der Waals surface area contributed by atoms with Gasteiger partial charge >= 0.3 is 6.18 Å². The fourth-order valence-corrected chi connectivity index (χ4v) is 2.25. The summed E-state index contributed by atoms with van der Waals surface area (Å²) in [5.74, 6) is 0. The van der Waals surface area contributed by atoms with Crippen molar-refractivity contribution in [3.63, 3.8) is 0 Å². The summed E-state index contributed by atoms with van der Waals surface area (Å²) in [5.41, 5.74) is -2.63. The molecule has 1 nitrogen and oxygen atoms in total. The van der Waals surface area contributed by atoms with E-state index in [2.05, 4.69) is 20.9 Å². The zero-order chi connectivity index (χ0) is 12.5. The van der Waals surface area contributed by atoms with Crippen LogP contribution in [0.15, 0.2) is 6.20 Å². The van der Waals surface area contributed by atoms with E-state index in [4.69, 9.17) is 0 Å². The Hall–Kier alpha value is 0.01000. The zero-order valence-electron chi connectivity index (χ0n) is 7.45. The Morgan fingerprint density at radius 3 is 2.31 bits per heavy atom. The fourth-order valence-electron chi connectivity index (χ4n) is 1.18. The Morgan fingerprint density at radius 1 is 1.38 bits per heavy atom. The van der Waals surface area contributed by atoms with Gasteiger partial charge in [-0.25, -0.2) is 13.8 Å². The third kappa shape index (κ3) is 2.82. The van der Waals surface area contributed by atoms with Crippen molar-refractivity contribution in [3.05, 3.63) is 26.6 Å². The fraction of sp³-hybridized carbons (Fsp3) is 0.375. The van der Waals surface area contributed by atoms with Gasteiger partial charge < -0.3 is 0 Å². The molecule has 0 radical (unpaired) electrons. The summed E-state index contributed by atoms with van der Waals surface area (Å²) in [6.07, 6.45) is -7.06. The van der Waals surface area contributed by atoms with Crippen molar-refractivity contribution in [1.29, 1.82) is 0 Å². The molecule has 8 heteroatoms. The molecule has 0 N–H and O–H groups in total. The molecule has 1 aromatic heterocycles. The second-order valence-corrected chi connectivity index (χ2v) is 4.38. The highest BCUT2D eigenvalue weighted by atomic mass is 127. The van der Waals surface area contributed by atoms with Crippen molar-refractivity contribution in [2.24, 2.45) is 0 Å². The molecule has 0 spiro atoms.